The summed E-state index contributed by atoms with van der Waals surface area (Å²) in [6.07, 6.45) is -0.885. The molecular formula is C12H12ClN3O3. The van der Waals surface area contributed by atoms with Gasteiger partial charge in [0.15, 0.2) is 5.58 Å². The smallest absolute Gasteiger partial charge is 0.407 e. The molecule has 100 valence electrons. The minimum Gasteiger partial charge on any atom is -0.465 e. The van der Waals surface area contributed by atoms with Crippen LogP contribution in [0, 0.1) is 0 Å². The highest BCUT2D eigenvalue weighted by Crippen LogP contribution is 2.25. The van der Waals surface area contributed by atoms with E-state index in [1.165, 1.54) is 4.90 Å². The Kier molecular flexibility index (Phi) is 2.94. The molecule has 0 spiro atoms. The maximum absolute atomic E-state index is 10.8. The van der Waals surface area contributed by atoms with Gasteiger partial charge in [-0.2, -0.15) is 4.98 Å². The second-order valence-corrected chi connectivity index (χ2v) is 4.80. The lowest BCUT2D eigenvalue weighted by Crippen LogP contribution is -2.48. The molecule has 2 heterocycles. The first-order chi connectivity index (χ1) is 9.13. The minimum atomic E-state index is -0.885. The number of halogens is 1. The molecule has 2 aromatic rings. The van der Waals surface area contributed by atoms with Crippen LogP contribution in [0.1, 0.15) is 0 Å². The fourth-order valence-corrected chi connectivity index (χ4v) is 2.27. The number of nitrogens with zero attached hydrogens (tertiary/aromatic N) is 3. The minimum absolute atomic E-state index is 0.453. The van der Waals surface area contributed by atoms with Crippen LogP contribution < -0.4 is 4.90 Å². The highest BCUT2D eigenvalue weighted by atomic mass is 35.5. The molecular weight excluding hydrogens is 270 g/mol. The van der Waals surface area contributed by atoms with Crippen molar-refractivity contribution in [2.24, 2.45) is 0 Å². The summed E-state index contributed by atoms with van der Waals surface area (Å²) in [6, 6.07) is 5.81. The molecule has 0 saturated carbocycles. The van der Waals surface area contributed by atoms with Crippen molar-refractivity contribution >= 4 is 34.8 Å². The van der Waals surface area contributed by atoms with Crippen molar-refractivity contribution in [3.8, 4) is 0 Å². The van der Waals surface area contributed by atoms with Gasteiger partial charge >= 0.3 is 6.09 Å². The summed E-state index contributed by atoms with van der Waals surface area (Å²) in [5.41, 5.74) is 1.39. The van der Waals surface area contributed by atoms with E-state index >= 15 is 0 Å². The molecule has 1 saturated heterocycles. The predicted molar refractivity (Wildman–Crippen MR) is 70.8 cm³/mol. The van der Waals surface area contributed by atoms with E-state index in [0.29, 0.717) is 42.8 Å². The van der Waals surface area contributed by atoms with E-state index in [9.17, 15) is 4.79 Å². The molecule has 3 rings (SSSR count). The van der Waals surface area contributed by atoms with Crippen molar-refractivity contribution in [3.63, 3.8) is 0 Å². The number of rotatable bonds is 1. The van der Waals surface area contributed by atoms with Crippen LogP contribution in [0.15, 0.2) is 22.6 Å². The normalized spacial score (nSPS) is 16.1. The maximum Gasteiger partial charge on any atom is 0.407 e. The summed E-state index contributed by atoms with van der Waals surface area (Å²) >= 11 is 5.89. The van der Waals surface area contributed by atoms with Gasteiger partial charge in [0.25, 0.3) is 6.01 Å². The quantitative estimate of drug-likeness (QED) is 0.868. The Balaban J connectivity index is 1.80. The molecule has 1 aromatic heterocycles. The summed E-state index contributed by atoms with van der Waals surface area (Å²) in [6.45, 7) is 2.06. The maximum atomic E-state index is 10.8. The summed E-state index contributed by atoms with van der Waals surface area (Å²) in [5, 5.41) is 9.50. The Morgan fingerprint density at radius 2 is 2.05 bits per heavy atom. The fourth-order valence-electron chi connectivity index (χ4n) is 2.11. The predicted octanol–water partition coefficient (Wildman–Crippen LogP) is 2.28. The number of hydrogen-bond donors (Lipinski definition) is 1. The molecule has 7 heteroatoms. The number of amides is 1. The van der Waals surface area contributed by atoms with Gasteiger partial charge < -0.3 is 19.3 Å². The molecule has 1 aliphatic rings. The highest BCUT2D eigenvalue weighted by molar-refractivity contribution is 6.31. The molecule has 0 radical (unpaired) electrons. The monoisotopic (exact) mass is 281 g/mol. The average Bonchev–Trinajstić information content (AvgIpc) is 2.81. The topological polar surface area (TPSA) is 69.8 Å². The molecule has 0 aliphatic carbocycles. The van der Waals surface area contributed by atoms with Gasteiger partial charge in [0.2, 0.25) is 0 Å². The van der Waals surface area contributed by atoms with Crippen LogP contribution in [0.3, 0.4) is 0 Å². The number of oxazole rings is 1. The number of aromatic nitrogens is 1. The van der Waals surface area contributed by atoms with E-state index in [2.05, 4.69) is 4.98 Å². The van der Waals surface area contributed by atoms with Crippen LogP contribution in [-0.2, 0) is 0 Å². The third-order valence-corrected chi connectivity index (χ3v) is 3.40. The highest BCUT2D eigenvalue weighted by Gasteiger charge is 2.23. The first-order valence-corrected chi connectivity index (χ1v) is 6.30. The zero-order valence-corrected chi connectivity index (χ0v) is 10.8. The number of carboxylic acid groups (broad SMARTS) is 1. The zero-order valence-electron chi connectivity index (χ0n) is 10.0. The number of anilines is 1. The lowest BCUT2D eigenvalue weighted by Gasteiger charge is -2.31. The Bertz CT molecular complexity index is 620. The lowest BCUT2D eigenvalue weighted by molar-refractivity contribution is 0.142. The number of hydrogen-bond acceptors (Lipinski definition) is 4. The van der Waals surface area contributed by atoms with E-state index in [1.807, 2.05) is 4.90 Å². The van der Waals surface area contributed by atoms with Crippen LogP contribution in [0.2, 0.25) is 5.02 Å². The molecule has 1 N–H and O–H groups in total. The van der Waals surface area contributed by atoms with Crippen LogP contribution in [-0.4, -0.2) is 47.3 Å². The first kappa shape index (κ1) is 12.1. The van der Waals surface area contributed by atoms with Crippen molar-refractivity contribution in [1.82, 2.24) is 9.88 Å². The van der Waals surface area contributed by atoms with Gasteiger partial charge in [0.05, 0.1) is 0 Å². The number of benzene rings is 1. The van der Waals surface area contributed by atoms with Gasteiger partial charge in [-0.15, -0.1) is 0 Å². The van der Waals surface area contributed by atoms with Crippen molar-refractivity contribution in [2.45, 2.75) is 0 Å². The average molecular weight is 282 g/mol. The van der Waals surface area contributed by atoms with Crippen LogP contribution in [0.4, 0.5) is 10.8 Å². The Morgan fingerprint density at radius 3 is 2.74 bits per heavy atom. The summed E-state index contributed by atoms with van der Waals surface area (Å²) in [4.78, 5) is 18.5. The van der Waals surface area contributed by atoms with Gasteiger partial charge in [-0.25, -0.2) is 4.79 Å². The Hall–Kier alpha value is -1.95. The third-order valence-electron chi connectivity index (χ3n) is 3.16. The SMILES string of the molecule is O=C(O)N1CCN(c2nc3ccc(Cl)cc3o2)CC1. The van der Waals surface area contributed by atoms with Crippen molar-refractivity contribution < 1.29 is 14.3 Å². The number of carbonyl (C=O) groups is 1. The fraction of sp³-hybridized carbons (Fsp3) is 0.333. The van der Waals surface area contributed by atoms with Crippen molar-refractivity contribution in [2.75, 3.05) is 31.1 Å². The standard InChI is InChI=1S/C12H12ClN3O3/c13-8-1-2-9-10(7-8)19-11(14-9)15-3-5-16(6-4-15)12(17)18/h1-2,7H,3-6H2,(H,17,18). The number of piperazine rings is 1. The van der Waals surface area contributed by atoms with Gasteiger partial charge in [-0.05, 0) is 12.1 Å². The van der Waals surface area contributed by atoms with Gasteiger partial charge in [-0.1, -0.05) is 11.6 Å². The molecule has 1 fully saturated rings. The van der Waals surface area contributed by atoms with E-state index in [4.69, 9.17) is 21.1 Å². The summed E-state index contributed by atoms with van der Waals surface area (Å²) in [5.74, 6) is 0. The third kappa shape index (κ3) is 2.31. The van der Waals surface area contributed by atoms with Crippen molar-refractivity contribution in [1.29, 1.82) is 0 Å². The van der Waals surface area contributed by atoms with Crippen LogP contribution >= 0.6 is 11.6 Å². The molecule has 1 aliphatic heterocycles. The molecule has 6 nitrogen and oxygen atoms in total. The molecule has 19 heavy (non-hydrogen) atoms. The Morgan fingerprint density at radius 1 is 1.32 bits per heavy atom. The second kappa shape index (κ2) is 4.62. The molecule has 1 amide bonds. The lowest BCUT2D eigenvalue weighted by atomic mass is 10.3. The van der Waals surface area contributed by atoms with E-state index in [-0.39, 0.29) is 0 Å². The number of fused-ring (bicyclic) bond motifs is 1. The molecule has 1 aromatic carbocycles. The molecule has 0 unspecified atom stereocenters. The summed E-state index contributed by atoms with van der Waals surface area (Å²) < 4.78 is 5.65. The molecule has 0 atom stereocenters. The van der Waals surface area contributed by atoms with Crippen molar-refractivity contribution in [3.05, 3.63) is 23.2 Å². The zero-order chi connectivity index (χ0) is 13.4. The van der Waals surface area contributed by atoms with E-state index in [1.54, 1.807) is 18.2 Å². The largest absolute Gasteiger partial charge is 0.465 e. The second-order valence-electron chi connectivity index (χ2n) is 4.37. The first-order valence-electron chi connectivity index (χ1n) is 5.92. The van der Waals surface area contributed by atoms with Gasteiger partial charge in [0, 0.05) is 37.3 Å². The summed E-state index contributed by atoms with van der Waals surface area (Å²) in [7, 11) is 0. The van der Waals surface area contributed by atoms with Gasteiger partial charge in [0.1, 0.15) is 5.52 Å². The Labute approximate surface area is 114 Å². The van der Waals surface area contributed by atoms with E-state index in [0.717, 1.165) is 5.52 Å². The van der Waals surface area contributed by atoms with Crippen LogP contribution in [0.25, 0.3) is 11.1 Å². The van der Waals surface area contributed by atoms with Gasteiger partial charge in [-0.3, -0.25) is 0 Å². The van der Waals surface area contributed by atoms with Crippen LogP contribution in [0.5, 0.6) is 0 Å². The molecule has 0 bridgehead atoms. The van der Waals surface area contributed by atoms with E-state index < -0.39 is 6.09 Å².